The minimum Gasteiger partial charge on any atom is -0.233 e. The molecule has 2 heterocycles. The molecule has 90 valence electrons. The van der Waals surface area contributed by atoms with Crippen LogP contribution in [-0.2, 0) is 6.42 Å². The van der Waals surface area contributed by atoms with Crippen LogP contribution in [0.4, 0.5) is 0 Å². The Hall–Kier alpha value is -1.45. The van der Waals surface area contributed by atoms with Crippen LogP contribution in [0.3, 0.4) is 0 Å². The Morgan fingerprint density at radius 2 is 2.11 bits per heavy atom. The first-order valence-corrected chi connectivity index (χ1v) is 7.03. The predicted octanol–water partition coefficient (Wildman–Crippen LogP) is 4.57. The molecule has 0 saturated carbocycles. The van der Waals surface area contributed by atoms with Crippen LogP contribution in [0.1, 0.15) is 12.7 Å². The second-order valence-corrected chi connectivity index (χ2v) is 5.30. The summed E-state index contributed by atoms with van der Waals surface area (Å²) in [4.78, 5) is 10.0. The summed E-state index contributed by atoms with van der Waals surface area (Å²) in [5.74, 6) is 0.788. The van der Waals surface area contributed by atoms with Gasteiger partial charge in [-0.1, -0.05) is 30.7 Å². The Balaban J connectivity index is 2.21. The molecule has 0 aliphatic rings. The van der Waals surface area contributed by atoms with Crippen molar-refractivity contribution in [3.8, 4) is 10.4 Å². The number of halogens is 1. The van der Waals surface area contributed by atoms with E-state index in [1.165, 1.54) is 4.88 Å². The van der Waals surface area contributed by atoms with E-state index in [1.807, 2.05) is 19.1 Å². The number of rotatable bonds is 2. The minimum absolute atomic E-state index is 0.537. The SMILES string of the molecule is CCc1nc(Cl)c2cc(-c3cccs3)ccc2n1. The fourth-order valence-corrected chi connectivity index (χ4v) is 2.86. The molecule has 0 radical (unpaired) electrons. The van der Waals surface area contributed by atoms with Gasteiger partial charge in [0.1, 0.15) is 11.0 Å². The molecule has 1 aromatic carbocycles. The molecule has 0 N–H and O–H groups in total. The van der Waals surface area contributed by atoms with Crippen LogP contribution in [0.2, 0.25) is 5.15 Å². The van der Waals surface area contributed by atoms with Crippen molar-refractivity contribution in [2.75, 3.05) is 0 Å². The fraction of sp³-hybridized carbons (Fsp3) is 0.143. The predicted molar refractivity (Wildman–Crippen MR) is 77.2 cm³/mol. The van der Waals surface area contributed by atoms with Gasteiger partial charge in [0.25, 0.3) is 0 Å². The molecular formula is C14H11ClN2S. The van der Waals surface area contributed by atoms with Crippen molar-refractivity contribution in [1.82, 2.24) is 9.97 Å². The van der Waals surface area contributed by atoms with Gasteiger partial charge in [-0.3, -0.25) is 0 Å². The van der Waals surface area contributed by atoms with E-state index in [0.717, 1.165) is 28.7 Å². The maximum Gasteiger partial charge on any atom is 0.140 e. The Kier molecular flexibility index (Phi) is 3.02. The summed E-state index contributed by atoms with van der Waals surface area (Å²) in [6, 6.07) is 10.3. The summed E-state index contributed by atoms with van der Waals surface area (Å²) in [6.45, 7) is 2.03. The third kappa shape index (κ3) is 2.00. The lowest BCUT2D eigenvalue weighted by atomic mass is 10.1. The van der Waals surface area contributed by atoms with Gasteiger partial charge in [-0.15, -0.1) is 11.3 Å². The van der Waals surface area contributed by atoms with Crippen molar-refractivity contribution in [2.24, 2.45) is 0 Å². The van der Waals surface area contributed by atoms with Gasteiger partial charge in [-0.2, -0.15) is 0 Å². The lowest BCUT2D eigenvalue weighted by Crippen LogP contribution is -1.94. The van der Waals surface area contributed by atoms with Crippen LogP contribution in [0.15, 0.2) is 35.7 Å². The highest BCUT2D eigenvalue weighted by Gasteiger charge is 2.07. The van der Waals surface area contributed by atoms with Crippen LogP contribution in [-0.4, -0.2) is 9.97 Å². The summed E-state index contributed by atoms with van der Waals surface area (Å²) in [5.41, 5.74) is 2.07. The average molecular weight is 275 g/mol. The van der Waals surface area contributed by atoms with E-state index in [0.29, 0.717) is 5.15 Å². The highest BCUT2D eigenvalue weighted by Crippen LogP contribution is 2.29. The zero-order chi connectivity index (χ0) is 12.5. The van der Waals surface area contributed by atoms with Gasteiger partial charge >= 0.3 is 0 Å². The van der Waals surface area contributed by atoms with E-state index in [9.17, 15) is 0 Å². The summed E-state index contributed by atoms with van der Waals surface area (Å²) in [7, 11) is 0. The number of aromatic nitrogens is 2. The number of nitrogens with zero attached hydrogens (tertiary/aromatic N) is 2. The largest absolute Gasteiger partial charge is 0.233 e. The molecule has 0 bridgehead atoms. The molecule has 0 fully saturated rings. The molecule has 0 saturated heterocycles. The van der Waals surface area contributed by atoms with Crippen molar-refractivity contribution >= 4 is 33.8 Å². The van der Waals surface area contributed by atoms with Crippen LogP contribution >= 0.6 is 22.9 Å². The van der Waals surface area contributed by atoms with E-state index in [1.54, 1.807) is 11.3 Å². The van der Waals surface area contributed by atoms with Crippen molar-refractivity contribution < 1.29 is 0 Å². The Bertz CT molecular complexity index is 692. The fourth-order valence-electron chi connectivity index (χ4n) is 1.89. The summed E-state index contributed by atoms with van der Waals surface area (Å²) < 4.78 is 0. The van der Waals surface area contributed by atoms with Gasteiger partial charge in [0.2, 0.25) is 0 Å². The summed E-state index contributed by atoms with van der Waals surface area (Å²) in [5, 5.41) is 3.52. The first-order valence-electron chi connectivity index (χ1n) is 5.78. The molecule has 4 heteroatoms. The van der Waals surface area contributed by atoms with Gasteiger partial charge in [0.05, 0.1) is 5.52 Å². The normalized spacial score (nSPS) is 11.0. The van der Waals surface area contributed by atoms with E-state index in [4.69, 9.17) is 11.6 Å². The third-order valence-corrected chi connectivity index (χ3v) is 4.02. The third-order valence-electron chi connectivity index (χ3n) is 2.82. The van der Waals surface area contributed by atoms with Crippen molar-refractivity contribution in [2.45, 2.75) is 13.3 Å². The van der Waals surface area contributed by atoms with E-state index in [2.05, 4.69) is 33.5 Å². The maximum absolute atomic E-state index is 6.23. The molecule has 0 amide bonds. The molecule has 18 heavy (non-hydrogen) atoms. The molecule has 2 nitrogen and oxygen atoms in total. The Labute approximate surface area is 114 Å². The lowest BCUT2D eigenvalue weighted by molar-refractivity contribution is 0.961. The van der Waals surface area contributed by atoms with E-state index < -0.39 is 0 Å². The number of thiophene rings is 1. The number of fused-ring (bicyclic) bond motifs is 1. The molecule has 0 unspecified atom stereocenters. The van der Waals surface area contributed by atoms with Gasteiger partial charge < -0.3 is 0 Å². The molecule has 3 aromatic rings. The number of hydrogen-bond acceptors (Lipinski definition) is 3. The number of hydrogen-bond donors (Lipinski definition) is 0. The summed E-state index contributed by atoms with van der Waals surface area (Å²) >= 11 is 7.94. The molecule has 0 aliphatic carbocycles. The van der Waals surface area contributed by atoms with Crippen molar-refractivity contribution in [3.63, 3.8) is 0 Å². The number of aryl methyl sites for hydroxylation is 1. The van der Waals surface area contributed by atoms with Crippen LogP contribution in [0.5, 0.6) is 0 Å². The second-order valence-electron chi connectivity index (χ2n) is 3.99. The van der Waals surface area contributed by atoms with Gasteiger partial charge in [-0.05, 0) is 29.1 Å². The van der Waals surface area contributed by atoms with E-state index in [-0.39, 0.29) is 0 Å². The minimum atomic E-state index is 0.537. The quantitative estimate of drug-likeness (QED) is 0.640. The van der Waals surface area contributed by atoms with Crippen LogP contribution < -0.4 is 0 Å². The Morgan fingerprint density at radius 1 is 1.22 bits per heavy atom. The van der Waals surface area contributed by atoms with Crippen LogP contribution in [0.25, 0.3) is 21.3 Å². The molecular weight excluding hydrogens is 264 g/mol. The second kappa shape index (κ2) is 4.67. The highest BCUT2D eigenvalue weighted by molar-refractivity contribution is 7.13. The summed E-state index contributed by atoms with van der Waals surface area (Å²) in [6.07, 6.45) is 0.794. The average Bonchev–Trinajstić information content (AvgIpc) is 2.92. The van der Waals surface area contributed by atoms with Crippen molar-refractivity contribution in [1.29, 1.82) is 0 Å². The molecule has 0 spiro atoms. The molecule has 0 atom stereocenters. The first kappa shape index (κ1) is 11.6. The smallest absolute Gasteiger partial charge is 0.140 e. The van der Waals surface area contributed by atoms with Gasteiger partial charge in [-0.25, -0.2) is 9.97 Å². The maximum atomic E-state index is 6.23. The zero-order valence-corrected chi connectivity index (χ0v) is 11.4. The highest BCUT2D eigenvalue weighted by atomic mass is 35.5. The molecule has 0 aliphatic heterocycles. The lowest BCUT2D eigenvalue weighted by Gasteiger charge is -2.04. The first-order chi connectivity index (χ1) is 8.78. The number of benzene rings is 1. The Morgan fingerprint density at radius 3 is 2.83 bits per heavy atom. The van der Waals surface area contributed by atoms with Gasteiger partial charge in [0, 0.05) is 16.7 Å². The zero-order valence-electron chi connectivity index (χ0n) is 9.85. The monoisotopic (exact) mass is 274 g/mol. The molecule has 3 rings (SSSR count). The standard InChI is InChI=1S/C14H11ClN2S/c1-2-13-16-11-6-5-9(12-4-3-7-18-12)8-10(11)14(15)17-13/h3-8H,2H2,1H3. The van der Waals surface area contributed by atoms with E-state index >= 15 is 0 Å². The van der Waals surface area contributed by atoms with Gasteiger partial charge in [0.15, 0.2) is 0 Å². The topological polar surface area (TPSA) is 25.8 Å². The molecule has 2 aromatic heterocycles. The van der Waals surface area contributed by atoms with Crippen LogP contribution in [0, 0.1) is 0 Å². The van der Waals surface area contributed by atoms with Crippen molar-refractivity contribution in [3.05, 3.63) is 46.7 Å².